The molecule has 0 bridgehead atoms. The van der Waals surface area contributed by atoms with Gasteiger partial charge in [-0.3, -0.25) is 14.5 Å². The van der Waals surface area contributed by atoms with Crippen molar-refractivity contribution in [1.82, 2.24) is 9.80 Å². The summed E-state index contributed by atoms with van der Waals surface area (Å²) in [7, 11) is 0. The second-order valence-corrected chi connectivity index (χ2v) is 5.92. The minimum absolute atomic E-state index is 0.00161. The van der Waals surface area contributed by atoms with Gasteiger partial charge in [-0.05, 0) is 11.1 Å². The summed E-state index contributed by atoms with van der Waals surface area (Å²) in [5.74, 6) is -0.869. The van der Waals surface area contributed by atoms with Gasteiger partial charge in [0.05, 0.1) is 0 Å². The third-order valence-electron chi connectivity index (χ3n) is 4.18. The van der Waals surface area contributed by atoms with Crippen molar-refractivity contribution in [2.24, 2.45) is 5.73 Å². The molecular formula is C19H19N3O3. The van der Waals surface area contributed by atoms with Crippen molar-refractivity contribution in [3.05, 3.63) is 71.8 Å². The van der Waals surface area contributed by atoms with Crippen LogP contribution in [0.5, 0.6) is 0 Å². The number of rotatable bonds is 6. The third-order valence-corrected chi connectivity index (χ3v) is 4.18. The fraction of sp³-hybridized carbons (Fsp3) is 0.211. The summed E-state index contributed by atoms with van der Waals surface area (Å²) in [6, 6.07) is 17.6. The van der Waals surface area contributed by atoms with Crippen LogP contribution in [0, 0.1) is 0 Å². The number of imide groups is 1. The van der Waals surface area contributed by atoms with Crippen LogP contribution in [0.1, 0.15) is 23.6 Å². The predicted molar refractivity (Wildman–Crippen MR) is 92.1 cm³/mol. The van der Waals surface area contributed by atoms with Crippen molar-refractivity contribution in [3.63, 3.8) is 0 Å². The number of hydrogen-bond acceptors (Lipinski definition) is 3. The number of urea groups is 1. The minimum atomic E-state index is -0.693. The second kappa shape index (κ2) is 7.17. The third kappa shape index (κ3) is 3.52. The Bertz CT molecular complexity index is 777. The molecule has 3 rings (SSSR count). The van der Waals surface area contributed by atoms with Gasteiger partial charge in [-0.25, -0.2) is 4.79 Å². The van der Waals surface area contributed by atoms with Crippen molar-refractivity contribution in [1.29, 1.82) is 0 Å². The molecule has 1 unspecified atom stereocenters. The van der Waals surface area contributed by atoms with E-state index in [1.807, 2.05) is 60.7 Å². The first kappa shape index (κ1) is 16.7. The summed E-state index contributed by atoms with van der Waals surface area (Å²) in [5, 5.41) is 0. The van der Waals surface area contributed by atoms with Crippen molar-refractivity contribution in [2.75, 3.05) is 6.54 Å². The van der Waals surface area contributed by atoms with Gasteiger partial charge >= 0.3 is 6.03 Å². The molecule has 1 fully saturated rings. The molecule has 0 aliphatic carbocycles. The molecule has 25 heavy (non-hydrogen) atoms. The molecule has 0 radical (unpaired) electrons. The van der Waals surface area contributed by atoms with Crippen LogP contribution in [-0.2, 0) is 16.1 Å². The topological polar surface area (TPSA) is 83.7 Å². The fourth-order valence-corrected chi connectivity index (χ4v) is 2.97. The number of amides is 4. The zero-order chi connectivity index (χ0) is 17.8. The Kier molecular flexibility index (Phi) is 4.79. The van der Waals surface area contributed by atoms with E-state index in [1.165, 1.54) is 4.90 Å². The Morgan fingerprint density at radius 3 is 2.16 bits per heavy atom. The van der Waals surface area contributed by atoms with Gasteiger partial charge in [-0.1, -0.05) is 60.7 Å². The first-order valence-electron chi connectivity index (χ1n) is 8.07. The molecule has 0 spiro atoms. The number of carbonyl (C=O) groups excluding carboxylic acids is 3. The summed E-state index contributed by atoms with van der Waals surface area (Å²) >= 11 is 0. The van der Waals surface area contributed by atoms with Crippen molar-refractivity contribution in [3.8, 4) is 0 Å². The summed E-state index contributed by atoms with van der Waals surface area (Å²) < 4.78 is 0. The summed E-state index contributed by atoms with van der Waals surface area (Å²) in [6.45, 7) is 0.319. The van der Waals surface area contributed by atoms with Crippen LogP contribution in [0.25, 0.3) is 0 Å². The zero-order valence-corrected chi connectivity index (χ0v) is 13.7. The summed E-state index contributed by atoms with van der Waals surface area (Å²) in [6.07, 6.45) is -0.0435. The van der Waals surface area contributed by atoms with Gasteiger partial charge in [0.2, 0.25) is 5.91 Å². The van der Waals surface area contributed by atoms with Gasteiger partial charge in [0.15, 0.2) is 0 Å². The molecule has 1 heterocycles. The second-order valence-electron chi connectivity index (χ2n) is 5.92. The van der Waals surface area contributed by atoms with E-state index in [-0.39, 0.29) is 18.9 Å². The number of nitrogens with zero attached hydrogens (tertiary/aromatic N) is 2. The lowest BCUT2D eigenvalue weighted by molar-refractivity contribution is -0.128. The lowest BCUT2D eigenvalue weighted by Crippen LogP contribution is -2.35. The SMILES string of the molecule is NC(=O)CCN1C(=O)C(c2ccccc2)N(Cc2ccccc2)C1=O. The molecule has 2 aromatic carbocycles. The molecule has 1 aliphatic heterocycles. The average molecular weight is 337 g/mol. The van der Waals surface area contributed by atoms with Gasteiger partial charge in [0.1, 0.15) is 6.04 Å². The van der Waals surface area contributed by atoms with Crippen molar-refractivity contribution in [2.45, 2.75) is 19.0 Å². The monoisotopic (exact) mass is 337 g/mol. The molecule has 1 saturated heterocycles. The molecule has 4 amide bonds. The highest BCUT2D eigenvalue weighted by atomic mass is 16.2. The van der Waals surface area contributed by atoms with Gasteiger partial charge < -0.3 is 10.6 Å². The maximum Gasteiger partial charge on any atom is 0.328 e. The Labute approximate surface area is 145 Å². The molecule has 2 N–H and O–H groups in total. The number of nitrogens with two attached hydrogens (primary N) is 1. The molecule has 6 nitrogen and oxygen atoms in total. The van der Waals surface area contributed by atoms with E-state index in [0.29, 0.717) is 6.54 Å². The number of hydrogen-bond donors (Lipinski definition) is 1. The number of carbonyl (C=O) groups is 3. The smallest absolute Gasteiger partial charge is 0.328 e. The van der Waals surface area contributed by atoms with E-state index >= 15 is 0 Å². The van der Waals surface area contributed by atoms with Crippen LogP contribution in [0.3, 0.4) is 0 Å². The van der Waals surface area contributed by atoms with Gasteiger partial charge in [-0.2, -0.15) is 0 Å². The minimum Gasteiger partial charge on any atom is -0.370 e. The highest BCUT2D eigenvalue weighted by molar-refractivity contribution is 6.04. The molecule has 2 aromatic rings. The standard InChI is InChI=1S/C19H19N3O3/c20-16(23)11-12-21-18(24)17(15-9-5-2-6-10-15)22(19(21)25)13-14-7-3-1-4-8-14/h1-10,17H,11-13H2,(H2,20,23). The van der Waals surface area contributed by atoms with Crippen LogP contribution >= 0.6 is 0 Å². The van der Waals surface area contributed by atoms with Crippen LogP contribution in [-0.4, -0.2) is 34.2 Å². The first-order chi connectivity index (χ1) is 12.1. The lowest BCUT2D eigenvalue weighted by Gasteiger charge is -2.22. The molecule has 0 aromatic heterocycles. The van der Waals surface area contributed by atoms with Crippen LogP contribution < -0.4 is 5.73 Å². The molecule has 1 atom stereocenters. The lowest BCUT2D eigenvalue weighted by atomic mass is 10.1. The Morgan fingerprint density at radius 1 is 0.960 bits per heavy atom. The van der Waals surface area contributed by atoms with Crippen LogP contribution in [0.15, 0.2) is 60.7 Å². The molecular weight excluding hydrogens is 318 g/mol. The number of benzene rings is 2. The quantitative estimate of drug-likeness (QED) is 0.819. The van der Waals surface area contributed by atoms with Gasteiger partial charge in [0.25, 0.3) is 5.91 Å². The predicted octanol–water partition coefficient (Wildman–Crippen LogP) is 2.07. The molecule has 1 aliphatic rings. The summed E-state index contributed by atoms with van der Waals surface area (Å²) in [4.78, 5) is 39.3. The van der Waals surface area contributed by atoms with Gasteiger partial charge in [-0.15, -0.1) is 0 Å². The van der Waals surface area contributed by atoms with Crippen molar-refractivity contribution >= 4 is 17.8 Å². The number of primary amides is 1. The Balaban J connectivity index is 1.92. The zero-order valence-electron chi connectivity index (χ0n) is 13.7. The van der Waals surface area contributed by atoms with Gasteiger partial charge in [0, 0.05) is 19.5 Å². The van der Waals surface area contributed by atoms with E-state index in [9.17, 15) is 14.4 Å². The Morgan fingerprint density at radius 2 is 1.56 bits per heavy atom. The van der Waals surface area contributed by atoms with Crippen LogP contribution in [0.2, 0.25) is 0 Å². The molecule has 0 saturated carbocycles. The van der Waals surface area contributed by atoms with Crippen molar-refractivity contribution < 1.29 is 14.4 Å². The molecule has 128 valence electrons. The normalized spacial score (nSPS) is 17.2. The first-order valence-corrected chi connectivity index (χ1v) is 8.07. The maximum absolute atomic E-state index is 12.8. The fourth-order valence-electron chi connectivity index (χ4n) is 2.97. The van der Waals surface area contributed by atoms with E-state index in [0.717, 1.165) is 16.0 Å². The maximum atomic E-state index is 12.8. The molecule has 6 heteroatoms. The van der Waals surface area contributed by atoms with E-state index < -0.39 is 18.0 Å². The largest absolute Gasteiger partial charge is 0.370 e. The highest BCUT2D eigenvalue weighted by Crippen LogP contribution is 2.32. The van der Waals surface area contributed by atoms with E-state index in [1.54, 1.807) is 0 Å². The Hall–Kier alpha value is -3.15. The summed E-state index contributed by atoms with van der Waals surface area (Å²) in [5.41, 5.74) is 6.84. The van der Waals surface area contributed by atoms with E-state index in [2.05, 4.69) is 0 Å². The average Bonchev–Trinajstić information content (AvgIpc) is 2.85. The highest BCUT2D eigenvalue weighted by Gasteiger charge is 2.45. The van der Waals surface area contributed by atoms with E-state index in [4.69, 9.17) is 5.73 Å². The van der Waals surface area contributed by atoms with Crippen LogP contribution in [0.4, 0.5) is 4.79 Å².